The highest BCUT2D eigenvalue weighted by Gasteiger charge is 2.35. The van der Waals surface area contributed by atoms with Gasteiger partial charge in [-0.3, -0.25) is 9.59 Å². The van der Waals surface area contributed by atoms with Crippen LogP contribution in [-0.2, 0) is 20.9 Å². The van der Waals surface area contributed by atoms with Crippen LogP contribution in [0.3, 0.4) is 0 Å². The fraction of sp³-hybridized carbons (Fsp3) is 0.150. The monoisotopic (exact) mass is 351 g/mol. The van der Waals surface area contributed by atoms with E-state index in [1.807, 2.05) is 24.3 Å². The molecule has 0 unspecified atom stereocenters. The van der Waals surface area contributed by atoms with Crippen LogP contribution in [0, 0.1) is 0 Å². The van der Waals surface area contributed by atoms with Gasteiger partial charge in [0.05, 0.1) is 32.0 Å². The molecule has 1 heterocycles. The second-order valence-electron chi connectivity index (χ2n) is 5.71. The van der Waals surface area contributed by atoms with Gasteiger partial charge in [0, 0.05) is 6.08 Å². The Bertz CT molecular complexity index is 916. The first-order valence-corrected chi connectivity index (χ1v) is 7.92. The van der Waals surface area contributed by atoms with Gasteiger partial charge in [-0.2, -0.15) is 0 Å². The Morgan fingerprint density at radius 2 is 1.92 bits per heavy atom. The minimum absolute atomic E-state index is 0.270. The molecule has 0 spiro atoms. The summed E-state index contributed by atoms with van der Waals surface area (Å²) in [6, 6.07) is 12.4. The van der Waals surface area contributed by atoms with E-state index in [2.05, 4.69) is 4.74 Å². The number of fused-ring (bicyclic) bond motifs is 1. The molecule has 3 rings (SSSR count). The average molecular weight is 351 g/mol. The third kappa shape index (κ3) is 3.35. The van der Waals surface area contributed by atoms with Crippen LogP contribution in [0.2, 0.25) is 0 Å². The number of hydrogen-bond acceptors (Lipinski definition) is 5. The van der Waals surface area contributed by atoms with Gasteiger partial charge >= 0.3 is 5.97 Å². The van der Waals surface area contributed by atoms with Crippen molar-refractivity contribution in [1.82, 2.24) is 0 Å². The van der Waals surface area contributed by atoms with Crippen LogP contribution in [0.1, 0.15) is 21.5 Å². The maximum Gasteiger partial charge on any atom is 0.330 e. The smallest absolute Gasteiger partial charge is 0.330 e. The van der Waals surface area contributed by atoms with Crippen LogP contribution >= 0.6 is 0 Å². The number of amides is 1. The van der Waals surface area contributed by atoms with E-state index in [-0.39, 0.29) is 6.54 Å². The number of esters is 1. The molecule has 0 radical (unpaired) electrons. The second kappa shape index (κ2) is 7.23. The highest BCUT2D eigenvalue weighted by atomic mass is 16.5. The zero-order chi connectivity index (χ0) is 18.7. The molecule has 2 aromatic rings. The molecule has 0 fully saturated rings. The Morgan fingerprint density at radius 3 is 2.65 bits per heavy atom. The van der Waals surface area contributed by atoms with E-state index >= 15 is 0 Å². The lowest BCUT2D eigenvalue weighted by molar-refractivity contribution is -0.134. The highest BCUT2D eigenvalue weighted by Crippen LogP contribution is 2.32. The number of benzene rings is 2. The Balaban J connectivity index is 1.89. The molecule has 0 saturated carbocycles. The lowest BCUT2D eigenvalue weighted by Gasteiger charge is -2.17. The van der Waals surface area contributed by atoms with Crippen molar-refractivity contribution in [3.05, 3.63) is 65.2 Å². The van der Waals surface area contributed by atoms with Gasteiger partial charge in [-0.15, -0.1) is 0 Å². The van der Waals surface area contributed by atoms with Crippen molar-refractivity contribution in [3.63, 3.8) is 0 Å². The summed E-state index contributed by atoms with van der Waals surface area (Å²) >= 11 is 0. The largest absolute Gasteiger partial charge is 0.497 e. The molecule has 0 aromatic heterocycles. The summed E-state index contributed by atoms with van der Waals surface area (Å²) in [7, 11) is 2.86. The Kier molecular flexibility index (Phi) is 4.84. The maximum atomic E-state index is 12.4. The van der Waals surface area contributed by atoms with Crippen molar-refractivity contribution in [1.29, 1.82) is 0 Å². The molecule has 0 N–H and O–H groups in total. The minimum atomic E-state index is -0.572. The van der Waals surface area contributed by atoms with Gasteiger partial charge in [0.15, 0.2) is 0 Å². The van der Waals surface area contributed by atoms with Crippen LogP contribution in [0.5, 0.6) is 5.75 Å². The van der Waals surface area contributed by atoms with E-state index in [1.54, 1.807) is 25.3 Å². The summed E-state index contributed by atoms with van der Waals surface area (Å²) in [4.78, 5) is 37.4. The van der Waals surface area contributed by atoms with Crippen LogP contribution in [-0.4, -0.2) is 31.9 Å². The average Bonchev–Trinajstić information content (AvgIpc) is 2.90. The van der Waals surface area contributed by atoms with Gasteiger partial charge in [0.25, 0.3) is 11.7 Å². The normalized spacial score (nSPS) is 13.2. The van der Waals surface area contributed by atoms with Crippen molar-refractivity contribution >= 4 is 29.4 Å². The zero-order valence-electron chi connectivity index (χ0n) is 14.4. The van der Waals surface area contributed by atoms with E-state index in [0.29, 0.717) is 22.6 Å². The van der Waals surface area contributed by atoms with Gasteiger partial charge in [-0.25, -0.2) is 4.79 Å². The molecule has 6 nitrogen and oxygen atoms in total. The van der Waals surface area contributed by atoms with Gasteiger partial charge in [-0.05, 0) is 41.5 Å². The van der Waals surface area contributed by atoms with Crippen LogP contribution < -0.4 is 9.64 Å². The minimum Gasteiger partial charge on any atom is -0.497 e. The van der Waals surface area contributed by atoms with Crippen molar-refractivity contribution in [2.24, 2.45) is 0 Å². The first-order valence-electron chi connectivity index (χ1n) is 7.92. The number of carbonyl (C=O) groups excluding carboxylic acids is 3. The quantitative estimate of drug-likeness (QED) is 0.470. The van der Waals surface area contributed by atoms with E-state index in [4.69, 9.17) is 4.74 Å². The predicted molar refractivity (Wildman–Crippen MR) is 96.0 cm³/mol. The molecule has 26 heavy (non-hydrogen) atoms. The first-order chi connectivity index (χ1) is 12.5. The fourth-order valence-corrected chi connectivity index (χ4v) is 2.76. The topological polar surface area (TPSA) is 72.9 Å². The number of anilines is 1. The number of ether oxygens (including phenoxy) is 2. The predicted octanol–water partition coefficient (Wildman–Crippen LogP) is 2.61. The number of ketones is 1. The third-order valence-electron chi connectivity index (χ3n) is 4.08. The molecule has 6 heteroatoms. The molecule has 0 saturated heterocycles. The summed E-state index contributed by atoms with van der Waals surface area (Å²) < 4.78 is 9.73. The Morgan fingerprint density at radius 1 is 1.12 bits per heavy atom. The van der Waals surface area contributed by atoms with Gasteiger partial charge < -0.3 is 14.4 Å². The first kappa shape index (κ1) is 17.4. The molecule has 0 atom stereocenters. The third-order valence-corrected chi connectivity index (χ3v) is 4.08. The van der Waals surface area contributed by atoms with Crippen molar-refractivity contribution < 1.29 is 23.9 Å². The van der Waals surface area contributed by atoms with Gasteiger partial charge in [-0.1, -0.05) is 18.2 Å². The van der Waals surface area contributed by atoms with Crippen LogP contribution in [0.4, 0.5) is 5.69 Å². The number of methoxy groups -OCH3 is 2. The molecule has 0 bridgehead atoms. The molecule has 132 valence electrons. The second-order valence-corrected chi connectivity index (χ2v) is 5.71. The lowest BCUT2D eigenvalue weighted by atomic mass is 10.1. The summed E-state index contributed by atoms with van der Waals surface area (Å²) in [6.45, 7) is 0.270. The van der Waals surface area contributed by atoms with Gasteiger partial charge in [0.2, 0.25) is 0 Å². The zero-order valence-corrected chi connectivity index (χ0v) is 14.4. The van der Waals surface area contributed by atoms with E-state index in [0.717, 1.165) is 5.56 Å². The van der Waals surface area contributed by atoms with Crippen molar-refractivity contribution in [2.45, 2.75) is 6.54 Å². The molecule has 2 aromatic carbocycles. The van der Waals surface area contributed by atoms with Crippen LogP contribution in [0.15, 0.2) is 48.5 Å². The van der Waals surface area contributed by atoms with Crippen LogP contribution in [0.25, 0.3) is 6.08 Å². The summed E-state index contributed by atoms with van der Waals surface area (Å²) in [5.41, 5.74) is 2.37. The molecular formula is C20H17NO5. The molecule has 1 amide bonds. The number of carbonyl (C=O) groups is 3. The SMILES string of the molecule is COC(=O)/C=C/c1ccc2c(c1)C(=O)C(=O)N2Cc1cccc(OC)c1. The standard InChI is InChI=1S/C20H17NO5/c1-25-15-5-3-4-14(10-15)12-21-17-8-6-13(7-9-18(22)26-2)11-16(17)19(23)20(21)24/h3-11H,12H2,1-2H3/b9-7+. The molecular weight excluding hydrogens is 334 g/mol. The lowest BCUT2D eigenvalue weighted by Crippen LogP contribution is -2.29. The Labute approximate surface area is 150 Å². The van der Waals surface area contributed by atoms with Crippen molar-refractivity contribution in [2.75, 3.05) is 19.1 Å². The fourth-order valence-electron chi connectivity index (χ4n) is 2.76. The van der Waals surface area contributed by atoms with E-state index < -0.39 is 17.7 Å². The van der Waals surface area contributed by atoms with E-state index in [1.165, 1.54) is 24.2 Å². The highest BCUT2D eigenvalue weighted by molar-refractivity contribution is 6.52. The molecule has 1 aliphatic rings. The Hall–Kier alpha value is -3.41. The number of rotatable bonds is 5. The molecule has 1 aliphatic heterocycles. The summed E-state index contributed by atoms with van der Waals surface area (Å²) in [6.07, 6.45) is 2.80. The molecule has 0 aliphatic carbocycles. The maximum absolute atomic E-state index is 12.4. The van der Waals surface area contributed by atoms with Gasteiger partial charge in [0.1, 0.15) is 5.75 Å². The van der Waals surface area contributed by atoms with E-state index in [9.17, 15) is 14.4 Å². The number of hydrogen-bond donors (Lipinski definition) is 0. The number of Topliss-reactive ketones (excluding diaryl/α,β-unsaturated/α-hetero) is 1. The summed E-state index contributed by atoms with van der Waals surface area (Å²) in [5, 5.41) is 0. The number of nitrogens with zero attached hydrogens (tertiary/aromatic N) is 1. The van der Waals surface area contributed by atoms with Crippen molar-refractivity contribution in [3.8, 4) is 5.75 Å². The summed E-state index contributed by atoms with van der Waals surface area (Å²) in [5.74, 6) is -0.940.